The molecule has 1 aromatic heterocycles. The molecule has 1 aliphatic rings. The molecule has 1 fully saturated rings. The number of rotatable bonds is 5. The Morgan fingerprint density at radius 2 is 1.94 bits per heavy atom. The zero-order chi connectivity index (χ0) is 24.7. The van der Waals surface area contributed by atoms with Crippen molar-refractivity contribution in [1.82, 2.24) is 9.78 Å². The van der Waals surface area contributed by atoms with Crippen LogP contribution in [0.1, 0.15) is 41.6 Å². The number of nitrogens with zero attached hydrogens (tertiary/aromatic N) is 3. The number of primary amides is 1. The molecule has 34 heavy (non-hydrogen) atoms. The van der Waals surface area contributed by atoms with Crippen LogP contribution < -0.4 is 5.73 Å². The highest BCUT2D eigenvalue weighted by Crippen LogP contribution is 2.33. The number of carbonyl (C=O) groups is 2. The molecule has 0 radical (unpaired) electrons. The van der Waals surface area contributed by atoms with Crippen LogP contribution >= 0.6 is 0 Å². The minimum atomic E-state index is -5.04. The summed E-state index contributed by atoms with van der Waals surface area (Å²) in [4.78, 5) is 28.0. The fraction of sp³-hybridized carbons (Fsp3) is 0.348. The SMILES string of the molecule is CC[N+]1(OC(=O)C(F)(F)F)CCCC(c2ccc(-n3cc4cc(F)cc(C(N)=O)c4n3)cc2)C1. The molecule has 3 aromatic rings. The lowest BCUT2D eigenvalue weighted by molar-refractivity contribution is -1.09. The predicted molar refractivity (Wildman–Crippen MR) is 114 cm³/mol. The van der Waals surface area contributed by atoms with E-state index in [4.69, 9.17) is 10.6 Å². The number of hydrogen-bond donors (Lipinski definition) is 1. The highest BCUT2D eigenvalue weighted by atomic mass is 19.4. The van der Waals surface area contributed by atoms with Gasteiger partial charge in [-0.1, -0.05) is 12.1 Å². The second-order valence-electron chi connectivity index (χ2n) is 8.42. The maximum atomic E-state index is 13.8. The summed E-state index contributed by atoms with van der Waals surface area (Å²) in [7, 11) is 0. The Kier molecular flexibility index (Phi) is 6.07. The van der Waals surface area contributed by atoms with E-state index in [1.165, 1.54) is 10.7 Å². The van der Waals surface area contributed by atoms with Crippen molar-refractivity contribution in [2.45, 2.75) is 31.9 Å². The van der Waals surface area contributed by atoms with Gasteiger partial charge in [0.25, 0.3) is 5.91 Å². The molecule has 7 nitrogen and oxygen atoms in total. The second-order valence-corrected chi connectivity index (χ2v) is 8.42. The number of alkyl halides is 3. The third kappa shape index (κ3) is 4.60. The first kappa shape index (κ1) is 23.7. The number of nitrogens with two attached hydrogens (primary N) is 1. The molecule has 11 heteroatoms. The fourth-order valence-electron chi connectivity index (χ4n) is 4.46. The highest BCUT2D eigenvalue weighted by Gasteiger charge is 2.49. The van der Waals surface area contributed by atoms with E-state index in [1.807, 2.05) is 12.1 Å². The van der Waals surface area contributed by atoms with Gasteiger partial charge in [-0.2, -0.15) is 18.3 Å². The van der Waals surface area contributed by atoms with Crippen LogP contribution in [0.5, 0.6) is 0 Å². The number of amides is 1. The summed E-state index contributed by atoms with van der Waals surface area (Å²) >= 11 is 0. The molecule has 1 amide bonds. The number of benzene rings is 2. The van der Waals surface area contributed by atoms with E-state index in [1.54, 1.807) is 25.3 Å². The minimum Gasteiger partial charge on any atom is -0.366 e. The first-order chi connectivity index (χ1) is 16.0. The van der Waals surface area contributed by atoms with Crippen LogP contribution in [0, 0.1) is 5.82 Å². The molecule has 2 N–H and O–H groups in total. The van der Waals surface area contributed by atoms with Crippen LogP contribution in [0.4, 0.5) is 17.6 Å². The van der Waals surface area contributed by atoms with Crippen LogP contribution in [-0.4, -0.2) is 52.1 Å². The molecular weight excluding hydrogens is 456 g/mol. The quantitative estimate of drug-likeness (QED) is 0.443. The van der Waals surface area contributed by atoms with Crippen LogP contribution in [0.15, 0.2) is 42.6 Å². The lowest BCUT2D eigenvalue weighted by Gasteiger charge is -2.40. The monoisotopic (exact) mass is 479 g/mol. The molecular formula is C23H23F4N4O3+. The number of likely N-dealkylation sites (tertiary alicyclic amines) is 1. The number of halogens is 4. The van der Waals surface area contributed by atoms with Gasteiger partial charge in [0.05, 0.1) is 11.3 Å². The average molecular weight is 479 g/mol. The number of carbonyl (C=O) groups excluding carboxylic acids is 2. The number of hydrogen-bond acceptors (Lipinski definition) is 4. The van der Waals surface area contributed by atoms with Gasteiger partial charge in [0.1, 0.15) is 31.0 Å². The smallest absolute Gasteiger partial charge is 0.366 e. The van der Waals surface area contributed by atoms with E-state index >= 15 is 0 Å². The zero-order valence-corrected chi connectivity index (χ0v) is 18.3. The number of aromatic nitrogens is 2. The molecule has 180 valence electrons. The van der Waals surface area contributed by atoms with Gasteiger partial charge in [0.15, 0.2) is 0 Å². The summed E-state index contributed by atoms with van der Waals surface area (Å²) in [5, 5.41) is 4.78. The molecule has 1 saturated heterocycles. The highest BCUT2D eigenvalue weighted by molar-refractivity contribution is 6.04. The minimum absolute atomic E-state index is 0.0188. The van der Waals surface area contributed by atoms with E-state index in [0.29, 0.717) is 24.0 Å². The van der Waals surface area contributed by atoms with Crippen molar-refractivity contribution in [2.24, 2.45) is 5.73 Å². The summed E-state index contributed by atoms with van der Waals surface area (Å²) in [6.07, 6.45) is -2.11. The Labute approximate surface area is 192 Å². The van der Waals surface area contributed by atoms with Crippen molar-refractivity contribution in [3.63, 3.8) is 0 Å². The molecule has 0 bridgehead atoms. The summed E-state index contributed by atoms with van der Waals surface area (Å²) in [5.74, 6) is -3.66. The van der Waals surface area contributed by atoms with E-state index in [2.05, 4.69) is 5.10 Å². The first-order valence-corrected chi connectivity index (χ1v) is 10.8. The standard InChI is InChI=1S/C23H22F4N4O3/c1-2-31(34-22(33)23(25,26)27)9-3-4-15(13-31)14-5-7-18(8-6-14)30-12-16-10-17(24)11-19(21(28)32)20(16)29-30/h5-8,10-12,15H,2-4,9,13H2,1H3,(H-,28,32)/p+1. The van der Waals surface area contributed by atoms with E-state index in [9.17, 15) is 27.2 Å². The molecule has 0 spiro atoms. The first-order valence-electron chi connectivity index (χ1n) is 10.8. The molecule has 0 saturated carbocycles. The predicted octanol–water partition coefficient (Wildman–Crippen LogP) is 4.00. The van der Waals surface area contributed by atoms with Gasteiger partial charge >= 0.3 is 12.1 Å². The van der Waals surface area contributed by atoms with Crippen LogP contribution in [0.3, 0.4) is 0 Å². The topological polar surface area (TPSA) is 87.2 Å². The lowest BCUT2D eigenvalue weighted by Crippen LogP contribution is -2.56. The Morgan fingerprint density at radius 1 is 1.24 bits per heavy atom. The van der Waals surface area contributed by atoms with Gasteiger partial charge < -0.3 is 5.73 Å². The number of fused-ring (bicyclic) bond motifs is 1. The zero-order valence-electron chi connectivity index (χ0n) is 18.3. The average Bonchev–Trinajstić information content (AvgIpc) is 3.22. The van der Waals surface area contributed by atoms with Crippen molar-refractivity contribution in [3.05, 3.63) is 59.5 Å². The van der Waals surface area contributed by atoms with Crippen LogP contribution in [0.2, 0.25) is 0 Å². The molecule has 4 rings (SSSR count). The van der Waals surface area contributed by atoms with Crippen molar-refractivity contribution in [2.75, 3.05) is 19.6 Å². The van der Waals surface area contributed by atoms with Crippen LogP contribution in [0.25, 0.3) is 16.6 Å². The molecule has 2 unspecified atom stereocenters. The molecule has 2 heterocycles. The van der Waals surface area contributed by atoms with E-state index in [0.717, 1.165) is 18.1 Å². The van der Waals surface area contributed by atoms with Gasteiger partial charge in [0, 0.05) is 23.9 Å². The van der Waals surface area contributed by atoms with Gasteiger partial charge in [-0.25, -0.2) is 13.9 Å². The fourth-order valence-corrected chi connectivity index (χ4v) is 4.46. The van der Waals surface area contributed by atoms with Crippen molar-refractivity contribution in [1.29, 1.82) is 0 Å². The van der Waals surface area contributed by atoms with Crippen molar-refractivity contribution in [3.8, 4) is 5.69 Å². The summed E-state index contributed by atoms with van der Waals surface area (Å²) in [6, 6.07) is 9.52. The Hall–Kier alpha value is -3.47. The van der Waals surface area contributed by atoms with Crippen molar-refractivity contribution < 1.29 is 36.6 Å². The number of quaternary nitrogens is 1. The van der Waals surface area contributed by atoms with E-state index < -0.39 is 23.9 Å². The Balaban J connectivity index is 1.57. The van der Waals surface area contributed by atoms with Gasteiger partial charge in [0.2, 0.25) is 0 Å². The molecule has 1 aliphatic heterocycles. The lowest BCUT2D eigenvalue weighted by atomic mass is 9.90. The molecule has 2 atom stereocenters. The molecule has 0 aliphatic carbocycles. The van der Waals surface area contributed by atoms with Crippen LogP contribution in [-0.2, 0) is 9.63 Å². The van der Waals surface area contributed by atoms with Gasteiger partial charge in [-0.15, -0.1) is 4.65 Å². The second kappa shape index (κ2) is 8.71. The normalized spacial score (nSPS) is 20.9. The summed E-state index contributed by atoms with van der Waals surface area (Å²) in [6.45, 7) is 2.49. The summed E-state index contributed by atoms with van der Waals surface area (Å²) in [5.41, 5.74) is 7.13. The third-order valence-corrected chi connectivity index (χ3v) is 6.22. The maximum absolute atomic E-state index is 13.8. The van der Waals surface area contributed by atoms with Gasteiger partial charge in [-0.05, 0) is 43.2 Å². The maximum Gasteiger partial charge on any atom is 0.497 e. The van der Waals surface area contributed by atoms with Crippen molar-refractivity contribution >= 4 is 22.8 Å². The number of piperidine rings is 1. The number of likely N-dealkylation sites (N-methyl/N-ethyl adjacent to an activating group) is 1. The largest absolute Gasteiger partial charge is 0.497 e. The third-order valence-electron chi connectivity index (χ3n) is 6.22. The number of hydroxylamine groups is 3. The Bertz CT molecular complexity index is 1240. The molecule has 2 aromatic carbocycles. The summed E-state index contributed by atoms with van der Waals surface area (Å²) < 4.78 is 53.2. The van der Waals surface area contributed by atoms with Gasteiger partial charge in [-0.3, -0.25) is 9.63 Å². The Morgan fingerprint density at radius 3 is 2.56 bits per heavy atom. The van der Waals surface area contributed by atoms with E-state index in [-0.39, 0.29) is 34.7 Å².